The zero-order valence-corrected chi connectivity index (χ0v) is 25.2. The van der Waals surface area contributed by atoms with Gasteiger partial charge in [-0.25, -0.2) is 22.8 Å². The number of rotatable bonds is 7. The van der Waals surface area contributed by atoms with Gasteiger partial charge < -0.3 is 19.6 Å². The molecule has 1 aliphatic rings. The van der Waals surface area contributed by atoms with Gasteiger partial charge in [0, 0.05) is 41.6 Å². The number of aromatic nitrogens is 4. The number of H-pyrrole nitrogens is 2. The van der Waals surface area contributed by atoms with Crippen LogP contribution in [0, 0.1) is 12.7 Å². The number of carbonyl (C=O) groups excluding carboxylic acids is 1. The topological polar surface area (TPSA) is 124 Å². The van der Waals surface area contributed by atoms with E-state index in [-0.39, 0.29) is 37.8 Å². The predicted molar refractivity (Wildman–Crippen MR) is 163 cm³/mol. The summed E-state index contributed by atoms with van der Waals surface area (Å²) in [7, 11) is -2.04. The number of pyridine rings is 1. The number of hydrogen-bond donors (Lipinski definition) is 2. The van der Waals surface area contributed by atoms with E-state index in [1.165, 1.54) is 16.4 Å². The second-order valence-corrected chi connectivity index (χ2v) is 13.6. The number of nitrogens with one attached hydrogen (secondary N) is 2. The van der Waals surface area contributed by atoms with Crippen molar-refractivity contribution in [2.75, 3.05) is 26.7 Å². The Balaban J connectivity index is 1.37. The number of carbonyl (C=O) groups is 1. The van der Waals surface area contributed by atoms with E-state index >= 15 is 0 Å². The molecular weight excluding hydrogens is 571 g/mol. The van der Waals surface area contributed by atoms with Gasteiger partial charge >= 0.3 is 0 Å². The fourth-order valence-corrected chi connectivity index (χ4v) is 7.03. The predicted octanol–water partition coefficient (Wildman–Crippen LogP) is 4.73. The van der Waals surface area contributed by atoms with Gasteiger partial charge in [-0.1, -0.05) is 18.2 Å². The lowest BCUT2D eigenvalue weighted by molar-refractivity contribution is -0.135. The van der Waals surface area contributed by atoms with Crippen molar-refractivity contribution < 1.29 is 22.3 Å². The van der Waals surface area contributed by atoms with Crippen molar-refractivity contribution >= 4 is 37.7 Å². The van der Waals surface area contributed by atoms with E-state index in [1.54, 1.807) is 38.1 Å². The van der Waals surface area contributed by atoms with E-state index in [2.05, 4.69) is 19.9 Å². The van der Waals surface area contributed by atoms with E-state index < -0.39 is 21.3 Å². The van der Waals surface area contributed by atoms with Crippen molar-refractivity contribution in [3.05, 3.63) is 77.6 Å². The molecule has 0 radical (unpaired) electrons. The van der Waals surface area contributed by atoms with Crippen molar-refractivity contribution in [1.82, 2.24) is 29.1 Å². The first kappa shape index (κ1) is 28.8. The molecule has 224 valence electrons. The Labute approximate surface area is 248 Å². The summed E-state index contributed by atoms with van der Waals surface area (Å²) < 4.78 is 47.5. The summed E-state index contributed by atoms with van der Waals surface area (Å²) in [6.07, 6.45) is 1.67. The summed E-state index contributed by atoms with van der Waals surface area (Å²) in [6, 6.07) is 13.4. The van der Waals surface area contributed by atoms with Crippen LogP contribution in [-0.2, 0) is 21.2 Å². The molecule has 2 aromatic carbocycles. The number of methoxy groups -OCH3 is 1. The molecule has 3 aromatic heterocycles. The molecule has 1 unspecified atom stereocenters. The summed E-state index contributed by atoms with van der Waals surface area (Å²) in [6.45, 7) is 5.54. The number of imidazole rings is 1. The summed E-state index contributed by atoms with van der Waals surface area (Å²) in [5, 5.41) is 0.961. The van der Waals surface area contributed by atoms with Crippen LogP contribution < -0.4 is 4.74 Å². The van der Waals surface area contributed by atoms with Crippen LogP contribution in [-0.4, -0.2) is 75.5 Å². The van der Waals surface area contributed by atoms with E-state index in [0.717, 1.165) is 22.1 Å². The van der Waals surface area contributed by atoms with E-state index in [4.69, 9.17) is 4.74 Å². The van der Waals surface area contributed by atoms with Gasteiger partial charge in [0.15, 0.2) is 0 Å². The molecule has 43 heavy (non-hydrogen) atoms. The van der Waals surface area contributed by atoms with Gasteiger partial charge in [-0.3, -0.25) is 4.79 Å². The molecule has 0 spiro atoms. The largest absolute Gasteiger partial charge is 0.480 e. The quantitative estimate of drug-likeness (QED) is 0.277. The smallest absolute Gasteiger partial charge is 0.227 e. The van der Waals surface area contributed by atoms with Crippen LogP contribution >= 0.6 is 0 Å². The number of piperazine rings is 1. The lowest BCUT2D eigenvalue weighted by Crippen LogP contribution is -2.54. The number of aromatic amines is 2. The Morgan fingerprint density at radius 1 is 1.14 bits per heavy atom. The van der Waals surface area contributed by atoms with Crippen LogP contribution in [0.5, 0.6) is 5.88 Å². The highest BCUT2D eigenvalue weighted by molar-refractivity contribution is 7.89. The number of hydrogen-bond acceptors (Lipinski definition) is 6. The number of halogens is 1. The molecular formula is C31H33FN6O4S. The maximum atomic E-state index is 14.1. The highest BCUT2D eigenvalue weighted by atomic mass is 32.2. The Morgan fingerprint density at radius 2 is 1.93 bits per heavy atom. The fourth-order valence-electron chi connectivity index (χ4n) is 5.74. The summed E-state index contributed by atoms with van der Waals surface area (Å²) in [5.41, 5.74) is 4.35. The summed E-state index contributed by atoms with van der Waals surface area (Å²) in [4.78, 5) is 31.4. The van der Waals surface area contributed by atoms with Crippen molar-refractivity contribution in [2.45, 2.75) is 38.5 Å². The molecule has 2 N–H and O–H groups in total. The zero-order chi connectivity index (χ0) is 30.5. The van der Waals surface area contributed by atoms with Gasteiger partial charge in [0.05, 0.1) is 41.8 Å². The molecule has 1 atom stereocenters. The normalized spacial score (nSPS) is 16.4. The number of fused-ring (bicyclic) bond motifs is 2. The van der Waals surface area contributed by atoms with Crippen LogP contribution in [0.15, 0.2) is 54.7 Å². The molecule has 5 aromatic rings. The molecule has 1 fully saturated rings. The van der Waals surface area contributed by atoms with Gasteiger partial charge in [0.2, 0.25) is 21.8 Å². The second kappa shape index (κ2) is 11.1. The minimum absolute atomic E-state index is 0.0265. The van der Waals surface area contributed by atoms with Crippen LogP contribution in [0.25, 0.3) is 33.1 Å². The molecule has 10 nitrogen and oxygen atoms in total. The van der Waals surface area contributed by atoms with E-state index in [9.17, 15) is 17.6 Å². The Kier molecular flexibility index (Phi) is 7.43. The number of ether oxygens (including phenoxy) is 1. The number of benzene rings is 2. The maximum absolute atomic E-state index is 14.1. The van der Waals surface area contributed by atoms with Gasteiger partial charge in [0.25, 0.3) is 0 Å². The minimum atomic E-state index is -3.58. The first-order valence-electron chi connectivity index (χ1n) is 14.1. The first-order valence-corrected chi connectivity index (χ1v) is 15.6. The van der Waals surface area contributed by atoms with Crippen LogP contribution in [0.4, 0.5) is 4.39 Å². The van der Waals surface area contributed by atoms with Crippen LogP contribution in [0.1, 0.15) is 37.0 Å². The Bertz CT molecular complexity index is 1950. The van der Waals surface area contributed by atoms with Gasteiger partial charge in [-0.2, -0.15) is 4.31 Å². The highest BCUT2D eigenvalue weighted by Gasteiger charge is 2.39. The molecule has 1 amide bonds. The van der Waals surface area contributed by atoms with Crippen LogP contribution in [0.3, 0.4) is 0 Å². The second-order valence-electron chi connectivity index (χ2n) is 11.1. The number of nitrogens with zero attached hydrogens (tertiary/aromatic N) is 4. The number of sulfonamides is 1. The average Bonchev–Trinajstić information content (AvgIpc) is 3.60. The number of amides is 1. The summed E-state index contributed by atoms with van der Waals surface area (Å²) >= 11 is 0. The van der Waals surface area contributed by atoms with Crippen molar-refractivity contribution in [1.29, 1.82) is 0 Å². The number of aryl methyl sites for hydroxylation is 1. The monoisotopic (exact) mass is 604 g/mol. The van der Waals surface area contributed by atoms with E-state index in [1.807, 2.05) is 37.3 Å². The molecule has 0 saturated carbocycles. The lowest BCUT2D eigenvalue weighted by Gasteiger charge is -2.40. The molecule has 6 rings (SSSR count). The van der Waals surface area contributed by atoms with Gasteiger partial charge in [0.1, 0.15) is 17.7 Å². The Hall–Kier alpha value is -4.29. The SMILES string of the molecule is COc1nc2ccccc2cc1-c1cnc(C2CN(S(=O)(=O)C(C)C)CCN2C(=O)Cc2c(C)[nH]c3ccc(F)cc23)[nH]1. The molecule has 1 aliphatic heterocycles. The van der Waals surface area contributed by atoms with Gasteiger partial charge in [-0.15, -0.1) is 0 Å². The lowest BCUT2D eigenvalue weighted by atomic mass is 10.0. The zero-order valence-electron chi connectivity index (χ0n) is 24.4. The summed E-state index contributed by atoms with van der Waals surface area (Å²) in [5.74, 6) is 0.274. The Morgan fingerprint density at radius 3 is 2.70 bits per heavy atom. The minimum Gasteiger partial charge on any atom is -0.480 e. The number of para-hydroxylation sites is 1. The van der Waals surface area contributed by atoms with Crippen molar-refractivity contribution in [3.63, 3.8) is 0 Å². The van der Waals surface area contributed by atoms with Gasteiger partial charge in [-0.05, 0) is 56.7 Å². The standard InChI is InChI=1S/C31H33FN6O4S/c1-18(2)43(40,41)37-11-12-38(29(39)15-22-19(3)34-26-10-9-21(32)14-23(22)26)28(17-37)30-33-16-27(35-30)24-13-20-7-5-6-8-25(20)36-31(24)42-4/h5-10,13-14,16,18,28,34H,11-12,15,17H2,1-4H3,(H,33,35). The fraction of sp³-hybridized carbons (Fsp3) is 0.323. The highest BCUT2D eigenvalue weighted by Crippen LogP contribution is 2.34. The van der Waals surface area contributed by atoms with Crippen LogP contribution in [0.2, 0.25) is 0 Å². The third-order valence-electron chi connectivity index (χ3n) is 8.11. The molecule has 12 heteroatoms. The van der Waals surface area contributed by atoms with E-state index in [0.29, 0.717) is 33.9 Å². The first-order chi connectivity index (χ1) is 20.6. The third-order valence-corrected chi connectivity index (χ3v) is 10.4. The molecule has 4 heterocycles. The van der Waals surface area contributed by atoms with Crippen molar-refractivity contribution in [3.8, 4) is 17.1 Å². The molecule has 0 aliphatic carbocycles. The average molecular weight is 605 g/mol. The third kappa shape index (κ3) is 5.25. The molecule has 1 saturated heterocycles. The molecule has 0 bridgehead atoms. The maximum Gasteiger partial charge on any atom is 0.227 e. The van der Waals surface area contributed by atoms with Crippen molar-refractivity contribution in [2.24, 2.45) is 0 Å².